The topological polar surface area (TPSA) is 62.1 Å². The molecule has 1 atom stereocenters. The summed E-state index contributed by atoms with van der Waals surface area (Å²) < 4.78 is 5.71. The summed E-state index contributed by atoms with van der Waals surface area (Å²) in [5.41, 5.74) is 0.792. The molecule has 0 spiro atoms. The van der Waals surface area contributed by atoms with Gasteiger partial charge in [-0.15, -0.1) is 11.8 Å². The van der Waals surface area contributed by atoms with Crippen molar-refractivity contribution in [3.05, 3.63) is 24.3 Å². The number of carbonyl (C=O) groups excluding carboxylic acids is 1. The Kier molecular flexibility index (Phi) is 7.44. The van der Waals surface area contributed by atoms with Crippen molar-refractivity contribution in [2.75, 3.05) is 17.7 Å². The zero-order valence-electron chi connectivity index (χ0n) is 13.6. The van der Waals surface area contributed by atoms with Gasteiger partial charge in [-0.2, -0.15) is 5.26 Å². The van der Waals surface area contributed by atoms with Crippen molar-refractivity contribution in [1.82, 2.24) is 0 Å². The predicted molar refractivity (Wildman–Crippen MR) is 93.4 cm³/mol. The second-order valence-electron chi connectivity index (χ2n) is 5.96. The van der Waals surface area contributed by atoms with Gasteiger partial charge in [0.25, 0.3) is 0 Å². The Morgan fingerprint density at radius 3 is 2.87 bits per heavy atom. The Balaban J connectivity index is 1.83. The molecule has 0 aromatic heterocycles. The summed E-state index contributed by atoms with van der Waals surface area (Å²) in [6.07, 6.45) is 6.02. The van der Waals surface area contributed by atoms with E-state index >= 15 is 0 Å². The van der Waals surface area contributed by atoms with Crippen LogP contribution in [0.2, 0.25) is 0 Å². The average Bonchev–Trinajstić information content (AvgIpc) is 2.60. The van der Waals surface area contributed by atoms with Gasteiger partial charge < -0.3 is 10.1 Å². The van der Waals surface area contributed by atoms with Crippen molar-refractivity contribution in [3.63, 3.8) is 0 Å². The Morgan fingerprint density at radius 2 is 2.13 bits per heavy atom. The van der Waals surface area contributed by atoms with E-state index in [4.69, 9.17) is 10.00 Å². The maximum atomic E-state index is 12.1. The summed E-state index contributed by atoms with van der Waals surface area (Å²) >= 11 is 1.59. The van der Waals surface area contributed by atoms with Crippen molar-refractivity contribution >= 4 is 23.4 Å². The lowest BCUT2D eigenvalue weighted by molar-refractivity contribution is -0.123. The van der Waals surface area contributed by atoms with Gasteiger partial charge in [-0.25, -0.2) is 0 Å². The van der Waals surface area contributed by atoms with Crippen LogP contribution in [-0.4, -0.2) is 24.4 Å². The number of hydrogen-bond acceptors (Lipinski definition) is 4. The number of thioether (sulfide) groups is 1. The molecule has 1 aliphatic rings. The zero-order valence-corrected chi connectivity index (χ0v) is 14.4. The number of nitriles is 1. The van der Waals surface area contributed by atoms with Crippen LogP contribution in [0.15, 0.2) is 29.2 Å². The van der Waals surface area contributed by atoms with Crippen molar-refractivity contribution in [3.8, 4) is 6.07 Å². The number of ether oxygens (including phenoxy) is 1. The van der Waals surface area contributed by atoms with Gasteiger partial charge in [-0.05, 0) is 31.9 Å². The van der Waals surface area contributed by atoms with Crippen LogP contribution in [-0.2, 0) is 9.53 Å². The molecular formula is C18H24N2O2S. The lowest BCUT2D eigenvalue weighted by Crippen LogP contribution is -2.24. The fourth-order valence-corrected chi connectivity index (χ4v) is 3.51. The molecule has 5 heteroatoms. The standard InChI is InChI=1S/C18H24N2O2S/c1-14(11-19)13-23-17-10-6-5-9-16(17)20-18(21)12-22-15-7-3-2-4-8-15/h5-6,9-10,14-15H,2-4,7-8,12-13H2,1H3,(H,20,21). The molecule has 0 aliphatic heterocycles. The predicted octanol–water partition coefficient (Wildman–Crippen LogP) is 4.23. The van der Waals surface area contributed by atoms with Crippen molar-refractivity contribution in [2.45, 2.75) is 50.0 Å². The van der Waals surface area contributed by atoms with E-state index in [1.807, 2.05) is 31.2 Å². The molecule has 1 aromatic rings. The normalized spacial score (nSPS) is 16.5. The molecule has 1 amide bonds. The van der Waals surface area contributed by atoms with E-state index in [9.17, 15) is 4.79 Å². The highest BCUT2D eigenvalue weighted by Crippen LogP contribution is 2.28. The van der Waals surface area contributed by atoms with Gasteiger partial charge in [-0.1, -0.05) is 31.4 Å². The van der Waals surface area contributed by atoms with Crippen LogP contribution in [0.3, 0.4) is 0 Å². The number of nitrogens with zero attached hydrogens (tertiary/aromatic N) is 1. The van der Waals surface area contributed by atoms with Gasteiger partial charge in [0.1, 0.15) is 6.61 Å². The molecule has 1 aliphatic carbocycles. The molecule has 1 unspecified atom stereocenters. The van der Waals surface area contributed by atoms with Crippen molar-refractivity contribution in [1.29, 1.82) is 5.26 Å². The summed E-state index contributed by atoms with van der Waals surface area (Å²) in [5.74, 6) is 0.581. The molecule has 0 heterocycles. The largest absolute Gasteiger partial charge is 0.368 e. The highest BCUT2D eigenvalue weighted by molar-refractivity contribution is 7.99. The van der Waals surface area contributed by atoms with Crippen LogP contribution < -0.4 is 5.32 Å². The SMILES string of the molecule is CC(C#N)CSc1ccccc1NC(=O)COC1CCCCC1. The molecular weight excluding hydrogens is 308 g/mol. The fourth-order valence-electron chi connectivity index (χ4n) is 2.56. The fraction of sp³-hybridized carbons (Fsp3) is 0.556. The van der Waals surface area contributed by atoms with Crippen molar-refractivity contribution in [2.24, 2.45) is 5.92 Å². The summed E-state index contributed by atoms with van der Waals surface area (Å²) in [6.45, 7) is 2.00. The second kappa shape index (κ2) is 9.59. The molecule has 0 saturated heterocycles. The summed E-state index contributed by atoms with van der Waals surface area (Å²) in [4.78, 5) is 13.1. The molecule has 23 heavy (non-hydrogen) atoms. The Bertz CT molecular complexity index is 550. The van der Waals surface area contributed by atoms with Crippen LogP contribution in [0.25, 0.3) is 0 Å². The van der Waals surface area contributed by atoms with Crippen molar-refractivity contribution < 1.29 is 9.53 Å². The minimum absolute atomic E-state index is 0.0154. The number of anilines is 1. The van der Waals surface area contributed by atoms with Gasteiger partial charge in [0.2, 0.25) is 5.91 Å². The minimum Gasteiger partial charge on any atom is -0.368 e. The third kappa shape index (κ3) is 6.25. The van der Waals surface area contributed by atoms with Gasteiger partial charge in [-0.3, -0.25) is 4.79 Å². The molecule has 1 saturated carbocycles. The molecule has 0 bridgehead atoms. The Morgan fingerprint density at radius 1 is 1.39 bits per heavy atom. The van der Waals surface area contributed by atoms with E-state index < -0.39 is 0 Å². The maximum absolute atomic E-state index is 12.1. The Labute approximate surface area is 142 Å². The number of para-hydroxylation sites is 1. The zero-order chi connectivity index (χ0) is 16.5. The first-order valence-electron chi connectivity index (χ1n) is 8.22. The maximum Gasteiger partial charge on any atom is 0.250 e. The molecule has 4 nitrogen and oxygen atoms in total. The number of rotatable bonds is 7. The monoisotopic (exact) mass is 332 g/mol. The number of nitrogens with one attached hydrogen (secondary N) is 1. The second-order valence-corrected chi connectivity index (χ2v) is 7.02. The minimum atomic E-state index is -0.114. The highest BCUT2D eigenvalue weighted by Gasteiger charge is 2.16. The third-order valence-electron chi connectivity index (χ3n) is 3.87. The van der Waals surface area contributed by atoms with E-state index in [1.165, 1.54) is 19.3 Å². The van der Waals surface area contributed by atoms with E-state index in [1.54, 1.807) is 11.8 Å². The number of benzene rings is 1. The first kappa shape index (κ1) is 17.8. The average molecular weight is 332 g/mol. The number of amides is 1. The van der Waals surface area contributed by atoms with E-state index in [0.717, 1.165) is 23.4 Å². The summed E-state index contributed by atoms with van der Waals surface area (Å²) in [6, 6.07) is 9.91. The number of carbonyl (C=O) groups is 1. The highest BCUT2D eigenvalue weighted by atomic mass is 32.2. The molecule has 124 valence electrons. The van der Waals surface area contributed by atoms with Crippen LogP contribution in [0.4, 0.5) is 5.69 Å². The smallest absolute Gasteiger partial charge is 0.250 e. The molecule has 1 aromatic carbocycles. The third-order valence-corrected chi connectivity index (χ3v) is 5.21. The van der Waals surface area contributed by atoms with E-state index in [2.05, 4.69) is 11.4 Å². The Hall–Kier alpha value is -1.51. The lowest BCUT2D eigenvalue weighted by Gasteiger charge is -2.21. The molecule has 0 radical (unpaired) electrons. The number of hydrogen-bond donors (Lipinski definition) is 1. The van der Waals surface area contributed by atoms with E-state index in [-0.39, 0.29) is 24.5 Å². The quantitative estimate of drug-likeness (QED) is 0.759. The van der Waals surface area contributed by atoms with Gasteiger partial charge >= 0.3 is 0 Å². The van der Waals surface area contributed by atoms with E-state index in [0.29, 0.717) is 5.75 Å². The lowest BCUT2D eigenvalue weighted by atomic mass is 9.98. The molecule has 1 fully saturated rings. The van der Waals surface area contributed by atoms with Crippen LogP contribution in [0, 0.1) is 17.2 Å². The summed E-state index contributed by atoms with van der Waals surface area (Å²) in [5, 5.41) is 11.8. The molecule has 2 rings (SSSR count). The van der Waals surface area contributed by atoms with Gasteiger partial charge in [0.15, 0.2) is 0 Å². The van der Waals surface area contributed by atoms with Crippen LogP contribution in [0.5, 0.6) is 0 Å². The molecule has 1 N–H and O–H groups in total. The van der Waals surface area contributed by atoms with Crippen LogP contribution in [0.1, 0.15) is 39.0 Å². The first-order chi connectivity index (χ1) is 11.2. The first-order valence-corrected chi connectivity index (χ1v) is 9.20. The summed E-state index contributed by atoms with van der Waals surface area (Å²) in [7, 11) is 0. The van der Waals surface area contributed by atoms with Gasteiger partial charge in [0, 0.05) is 10.6 Å². The van der Waals surface area contributed by atoms with Gasteiger partial charge in [0.05, 0.1) is 23.8 Å². The van der Waals surface area contributed by atoms with Crippen LogP contribution >= 0.6 is 11.8 Å².